The van der Waals surface area contributed by atoms with Crippen molar-refractivity contribution in [3.8, 4) is 0 Å². The summed E-state index contributed by atoms with van der Waals surface area (Å²) >= 11 is 0. The molecule has 0 aliphatic carbocycles. The van der Waals surface area contributed by atoms with E-state index in [0.29, 0.717) is 6.42 Å². The molecule has 1 amide bonds. The molecule has 0 bridgehead atoms. The van der Waals surface area contributed by atoms with Gasteiger partial charge in [0, 0.05) is 12.0 Å². The van der Waals surface area contributed by atoms with E-state index in [4.69, 9.17) is 0 Å². The average molecular weight is 155 g/mol. The molecule has 0 heterocycles. The highest BCUT2D eigenvalue weighted by Crippen LogP contribution is 2.00. The van der Waals surface area contributed by atoms with Crippen LogP contribution in [0.5, 0.6) is 0 Å². The maximum atomic E-state index is 11.1. The molecule has 0 unspecified atom stereocenters. The molecule has 0 aromatic rings. The van der Waals surface area contributed by atoms with Gasteiger partial charge in [-0.15, -0.1) is 6.58 Å². The van der Waals surface area contributed by atoms with E-state index in [1.54, 1.807) is 6.08 Å². The molecule has 2 heteroatoms. The highest BCUT2D eigenvalue weighted by molar-refractivity contribution is 5.76. The molecule has 0 fully saturated rings. The van der Waals surface area contributed by atoms with Gasteiger partial charge in [0.1, 0.15) is 0 Å². The van der Waals surface area contributed by atoms with E-state index >= 15 is 0 Å². The monoisotopic (exact) mass is 155 g/mol. The summed E-state index contributed by atoms with van der Waals surface area (Å²) in [6, 6.07) is 0. The minimum atomic E-state index is -0.113. The van der Waals surface area contributed by atoms with Gasteiger partial charge in [-0.2, -0.15) is 0 Å². The Labute approximate surface area is 68.7 Å². The number of amides is 1. The zero-order valence-electron chi connectivity index (χ0n) is 7.61. The molecule has 2 nitrogen and oxygen atoms in total. The molecule has 0 rings (SSSR count). The van der Waals surface area contributed by atoms with Crippen LogP contribution in [0, 0.1) is 0 Å². The minimum Gasteiger partial charge on any atom is -0.352 e. The van der Waals surface area contributed by atoms with Crippen molar-refractivity contribution in [3.05, 3.63) is 12.7 Å². The van der Waals surface area contributed by atoms with E-state index in [1.165, 1.54) is 0 Å². The number of hydrogen-bond donors (Lipinski definition) is 1. The Hall–Kier alpha value is -0.790. The standard InChI is InChI=1S/C9H17NO/c1-5-6-7-8(11)10-9(2,3)4/h5H,1,6-7H2,2-4H3,(H,10,11). The van der Waals surface area contributed by atoms with Crippen LogP contribution in [-0.2, 0) is 4.79 Å². The molecule has 0 aromatic carbocycles. The van der Waals surface area contributed by atoms with Crippen LogP contribution in [0.3, 0.4) is 0 Å². The predicted molar refractivity (Wildman–Crippen MR) is 47.3 cm³/mol. The molecule has 0 aliphatic rings. The lowest BCUT2D eigenvalue weighted by atomic mass is 10.1. The Balaban J connectivity index is 3.61. The molecule has 0 aromatic heterocycles. The maximum Gasteiger partial charge on any atom is 0.220 e. The first-order valence-corrected chi connectivity index (χ1v) is 3.87. The summed E-state index contributed by atoms with van der Waals surface area (Å²) in [6.45, 7) is 9.46. The molecule has 11 heavy (non-hydrogen) atoms. The third-order valence-electron chi connectivity index (χ3n) is 1.09. The number of rotatable bonds is 3. The van der Waals surface area contributed by atoms with E-state index in [1.807, 2.05) is 20.8 Å². The zero-order valence-corrected chi connectivity index (χ0v) is 7.61. The van der Waals surface area contributed by atoms with E-state index in [9.17, 15) is 4.79 Å². The minimum absolute atomic E-state index is 0.0948. The number of nitrogens with one attached hydrogen (secondary N) is 1. The highest BCUT2D eigenvalue weighted by atomic mass is 16.1. The lowest BCUT2D eigenvalue weighted by molar-refractivity contribution is -0.122. The number of carbonyl (C=O) groups excluding carboxylic acids is 1. The first-order chi connectivity index (χ1) is 4.95. The quantitative estimate of drug-likeness (QED) is 0.619. The molecular formula is C9H17NO. The van der Waals surface area contributed by atoms with Gasteiger partial charge in [-0.1, -0.05) is 6.08 Å². The molecule has 0 spiro atoms. The summed E-state index contributed by atoms with van der Waals surface area (Å²) in [5.41, 5.74) is -0.113. The van der Waals surface area contributed by atoms with Crippen molar-refractivity contribution in [1.29, 1.82) is 0 Å². The lowest BCUT2D eigenvalue weighted by Crippen LogP contribution is -2.40. The second-order valence-corrected chi connectivity index (χ2v) is 3.63. The Kier molecular flexibility index (Phi) is 3.86. The second kappa shape index (κ2) is 4.16. The van der Waals surface area contributed by atoms with Gasteiger partial charge in [0.15, 0.2) is 0 Å². The van der Waals surface area contributed by atoms with E-state index in [2.05, 4.69) is 11.9 Å². The summed E-state index contributed by atoms with van der Waals surface area (Å²) in [5.74, 6) is 0.0948. The summed E-state index contributed by atoms with van der Waals surface area (Å²) in [5, 5.41) is 2.87. The maximum absolute atomic E-state index is 11.1. The summed E-state index contributed by atoms with van der Waals surface area (Å²) in [4.78, 5) is 11.1. The third-order valence-corrected chi connectivity index (χ3v) is 1.09. The predicted octanol–water partition coefficient (Wildman–Crippen LogP) is 1.87. The summed E-state index contributed by atoms with van der Waals surface area (Å²) in [7, 11) is 0. The first-order valence-electron chi connectivity index (χ1n) is 3.87. The topological polar surface area (TPSA) is 29.1 Å². The van der Waals surface area contributed by atoms with Crippen LogP contribution in [-0.4, -0.2) is 11.4 Å². The van der Waals surface area contributed by atoms with Gasteiger partial charge < -0.3 is 5.32 Å². The third kappa shape index (κ3) is 7.10. The van der Waals surface area contributed by atoms with Crippen molar-refractivity contribution >= 4 is 5.91 Å². The van der Waals surface area contributed by atoms with Crippen molar-refractivity contribution in [3.63, 3.8) is 0 Å². The lowest BCUT2D eigenvalue weighted by Gasteiger charge is -2.20. The van der Waals surface area contributed by atoms with Crippen LogP contribution in [0.2, 0.25) is 0 Å². The van der Waals surface area contributed by atoms with Gasteiger partial charge in [0.25, 0.3) is 0 Å². The fourth-order valence-corrected chi connectivity index (χ4v) is 0.714. The Morgan fingerprint density at radius 3 is 2.45 bits per heavy atom. The van der Waals surface area contributed by atoms with E-state index in [-0.39, 0.29) is 11.4 Å². The second-order valence-electron chi connectivity index (χ2n) is 3.63. The van der Waals surface area contributed by atoms with Gasteiger partial charge in [-0.05, 0) is 27.2 Å². The van der Waals surface area contributed by atoms with Crippen molar-refractivity contribution < 1.29 is 4.79 Å². The molecule has 0 atom stereocenters. The Morgan fingerprint density at radius 1 is 1.55 bits per heavy atom. The number of carbonyl (C=O) groups is 1. The van der Waals surface area contributed by atoms with Gasteiger partial charge in [-0.25, -0.2) is 0 Å². The smallest absolute Gasteiger partial charge is 0.220 e. The zero-order chi connectivity index (χ0) is 8.91. The van der Waals surface area contributed by atoms with E-state index < -0.39 is 0 Å². The molecule has 0 aliphatic heterocycles. The first kappa shape index (κ1) is 10.2. The largest absolute Gasteiger partial charge is 0.352 e. The normalized spacial score (nSPS) is 10.8. The Morgan fingerprint density at radius 2 is 2.09 bits per heavy atom. The van der Waals surface area contributed by atoms with Crippen LogP contribution in [0.15, 0.2) is 12.7 Å². The van der Waals surface area contributed by atoms with Gasteiger partial charge in [-0.3, -0.25) is 4.79 Å². The molecule has 0 radical (unpaired) electrons. The Bertz CT molecular complexity index is 144. The van der Waals surface area contributed by atoms with Crippen molar-refractivity contribution in [2.75, 3.05) is 0 Å². The van der Waals surface area contributed by atoms with Crippen LogP contribution in [0.25, 0.3) is 0 Å². The molecule has 1 N–H and O–H groups in total. The molecule has 64 valence electrons. The summed E-state index contributed by atoms with van der Waals surface area (Å²) < 4.78 is 0. The SMILES string of the molecule is C=CCCC(=O)NC(C)(C)C. The summed E-state index contributed by atoms with van der Waals surface area (Å²) in [6.07, 6.45) is 3.05. The van der Waals surface area contributed by atoms with Crippen molar-refractivity contribution in [2.45, 2.75) is 39.2 Å². The van der Waals surface area contributed by atoms with Crippen LogP contribution in [0.1, 0.15) is 33.6 Å². The van der Waals surface area contributed by atoms with Gasteiger partial charge in [0.05, 0.1) is 0 Å². The molecule has 0 saturated heterocycles. The molecule has 0 saturated carbocycles. The fraction of sp³-hybridized carbons (Fsp3) is 0.667. The van der Waals surface area contributed by atoms with Gasteiger partial charge >= 0.3 is 0 Å². The fourth-order valence-electron chi connectivity index (χ4n) is 0.714. The van der Waals surface area contributed by atoms with Crippen LogP contribution in [0.4, 0.5) is 0 Å². The van der Waals surface area contributed by atoms with Crippen LogP contribution >= 0.6 is 0 Å². The van der Waals surface area contributed by atoms with Gasteiger partial charge in [0.2, 0.25) is 5.91 Å². The number of hydrogen-bond acceptors (Lipinski definition) is 1. The van der Waals surface area contributed by atoms with Crippen molar-refractivity contribution in [1.82, 2.24) is 5.32 Å². The highest BCUT2D eigenvalue weighted by Gasteiger charge is 2.12. The van der Waals surface area contributed by atoms with Crippen molar-refractivity contribution in [2.24, 2.45) is 0 Å². The molecular weight excluding hydrogens is 138 g/mol. The number of allylic oxidation sites excluding steroid dienone is 1. The average Bonchev–Trinajstić information content (AvgIpc) is 1.79. The van der Waals surface area contributed by atoms with E-state index in [0.717, 1.165) is 6.42 Å². The van der Waals surface area contributed by atoms with Crippen LogP contribution < -0.4 is 5.32 Å².